The van der Waals surface area contributed by atoms with Crippen LogP contribution in [0.4, 0.5) is 0 Å². The molecule has 1 unspecified atom stereocenters. The molecule has 0 saturated carbocycles. The molecule has 0 heterocycles. The second-order valence-electron chi connectivity index (χ2n) is 2.95. The Hall–Kier alpha value is 0.690. The molecule has 1 aromatic carbocycles. The van der Waals surface area contributed by atoms with Crippen LogP contribution < -0.4 is 5.73 Å². The van der Waals surface area contributed by atoms with Gasteiger partial charge in [-0.1, -0.05) is 0 Å². The summed E-state index contributed by atoms with van der Waals surface area (Å²) in [5, 5.41) is 18.3. The van der Waals surface area contributed by atoms with Crippen LogP contribution in [0, 0.1) is 7.14 Å². The van der Waals surface area contributed by atoms with Gasteiger partial charge in [-0.3, -0.25) is 0 Å². The summed E-state index contributed by atoms with van der Waals surface area (Å²) in [4.78, 5) is 0. The molecule has 86 valence electrons. The number of hydrogen-bond acceptors (Lipinski definition) is 3. The van der Waals surface area contributed by atoms with Crippen LogP contribution in [0.15, 0.2) is 12.1 Å². The molecule has 0 aromatic heterocycles. The Kier molecular flexibility index (Phi) is 7.43. The fourth-order valence-electron chi connectivity index (χ4n) is 1.10. The Bertz CT molecular complexity index is 313. The Morgan fingerprint density at radius 3 is 2.13 bits per heavy atom. The summed E-state index contributed by atoms with van der Waals surface area (Å²) in [6, 6.07) is 3.53. The van der Waals surface area contributed by atoms with E-state index in [0.29, 0.717) is 12.2 Å². The lowest BCUT2D eigenvalue weighted by molar-refractivity contribution is 0.276. The zero-order valence-electron chi connectivity index (χ0n) is 7.78. The summed E-state index contributed by atoms with van der Waals surface area (Å²) < 4.78 is 1.58. The highest BCUT2D eigenvalue weighted by Gasteiger charge is 2.10. The molecule has 0 spiro atoms. The zero-order chi connectivity index (χ0) is 10.7. The predicted octanol–water partition coefficient (Wildman–Crippen LogP) is 2.41. The highest BCUT2D eigenvalue weighted by molar-refractivity contribution is 14.1. The van der Waals surface area contributed by atoms with Gasteiger partial charge in [0, 0.05) is 12.6 Å². The minimum absolute atomic E-state index is 0. The van der Waals surface area contributed by atoms with Gasteiger partial charge >= 0.3 is 0 Å². The predicted molar refractivity (Wildman–Crippen MR) is 79.4 cm³/mol. The van der Waals surface area contributed by atoms with E-state index in [1.165, 1.54) is 0 Å². The lowest BCUT2D eigenvalue weighted by atomic mass is 10.1. The van der Waals surface area contributed by atoms with E-state index in [1.54, 1.807) is 0 Å². The van der Waals surface area contributed by atoms with Gasteiger partial charge in [0.25, 0.3) is 0 Å². The average Bonchev–Trinajstić information content (AvgIpc) is 2.13. The molecule has 4 N–H and O–H groups in total. The molecule has 0 aliphatic heterocycles. The van der Waals surface area contributed by atoms with Gasteiger partial charge in [-0.05, 0) is 69.3 Å². The van der Waals surface area contributed by atoms with Gasteiger partial charge in [0.2, 0.25) is 0 Å². The number of benzene rings is 1. The van der Waals surface area contributed by atoms with Crippen molar-refractivity contribution in [2.75, 3.05) is 6.61 Å². The molecule has 0 aliphatic carbocycles. The standard InChI is InChI=1S/C9H11I2NO2.ClH/c10-6-3-5(8(12)1-2-13)4-7(11)9(6)14;/h3-4,8,13-14H,1-2,12H2;1H. The molecule has 3 nitrogen and oxygen atoms in total. The molecule has 15 heavy (non-hydrogen) atoms. The number of aliphatic hydroxyl groups excluding tert-OH is 1. The van der Waals surface area contributed by atoms with Gasteiger partial charge in [-0.2, -0.15) is 0 Å². The number of hydrogen-bond donors (Lipinski definition) is 3. The summed E-state index contributed by atoms with van der Waals surface area (Å²) >= 11 is 4.13. The highest BCUT2D eigenvalue weighted by atomic mass is 127. The molecular weight excluding hydrogens is 443 g/mol. The van der Waals surface area contributed by atoms with Crippen molar-refractivity contribution in [2.45, 2.75) is 12.5 Å². The topological polar surface area (TPSA) is 66.5 Å². The summed E-state index contributed by atoms with van der Waals surface area (Å²) in [5.74, 6) is 0.297. The normalized spacial score (nSPS) is 12.0. The molecule has 0 fully saturated rings. The Morgan fingerprint density at radius 2 is 1.73 bits per heavy atom. The van der Waals surface area contributed by atoms with Crippen molar-refractivity contribution in [3.8, 4) is 5.75 Å². The van der Waals surface area contributed by atoms with E-state index >= 15 is 0 Å². The number of aliphatic hydroxyl groups is 1. The largest absolute Gasteiger partial charge is 0.506 e. The number of nitrogens with two attached hydrogens (primary N) is 1. The maximum absolute atomic E-state index is 9.54. The number of rotatable bonds is 3. The molecule has 0 saturated heterocycles. The van der Waals surface area contributed by atoms with E-state index in [9.17, 15) is 5.11 Å². The van der Waals surface area contributed by atoms with Gasteiger partial charge in [-0.15, -0.1) is 12.4 Å². The van der Waals surface area contributed by atoms with Crippen LogP contribution in [0.3, 0.4) is 0 Å². The van der Waals surface area contributed by atoms with E-state index in [0.717, 1.165) is 12.7 Å². The molecular formula is C9H12ClI2NO2. The summed E-state index contributed by atoms with van der Waals surface area (Å²) in [5.41, 5.74) is 6.79. The molecule has 0 bridgehead atoms. The third kappa shape index (κ3) is 4.22. The molecule has 0 radical (unpaired) electrons. The van der Waals surface area contributed by atoms with E-state index in [2.05, 4.69) is 45.2 Å². The minimum atomic E-state index is -0.164. The number of phenols is 1. The number of halogens is 3. The maximum Gasteiger partial charge on any atom is 0.142 e. The van der Waals surface area contributed by atoms with Gasteiger partial charge in [-0.25, -0.2) is 0 Å². The van der Waals surface area contributed by atoms with Crippen LogP contribution in [-0.4, -0.2) is 16.8 Å². The molecule has 1 atom stereocenters. The van der Waals surface area contributed by atoms with Crippen molar-refractivity contribution in [2.24, 2.45) is 5.73 Å². The first-order valence-electron chi connectivity index (χ1n) is 4.10. The van der Waals surface area contributed by atoms with Gasteiger partial charge in [0.15, 0.2) is 0 Å². The van der Waals surface area contributed by atoms with Crippen LogP contribution in [-0.2, 0) is 0 Å². The second kappa shape index (κ2) is 7.10. The molecule has 0 amide bonds. The van der Waals surface area contributed by atoms with E-state index in [1.807, 2.05) is 12.1 Å². The van der Waals surface area contributed by atoms with E-state index < -0.39 is 0 Å². The first-order chi connectivity index (χ1) is 6.56. The monoisotopic (exact) mass is 455 g/mol. The highest BCUT2D eigenvalue weighted by Crippen LogP contribution is 2.29. The SMILES string of the molecule is Cl.NC(CCO)c1cc(I)c(O)c(I)c1. The van der Waals surface area contributed by atoms with Crippen LogP contribution in [0.1, 0.15) is 18.0 Å². The van der Waals surface area contributed by atoms with Crippen molar-refractivity contribution in [1.82, 2.24) is 0 Å². The van der Waals surface area contributed by atoms with E-state index in [4.69, 9.17) is 10.8 Å². The fourth-order valence-corrected chi connectivity index (χ4v) is 2.92. The smallest absolute Gasteiger partial charge is 0.142 e. The average molecular weight is 455 g/mol. The van der Waals surface area contributed by atoms with E-state index in [-0.39, 0.29) is 25.1 Å². The Balaban J connectivity index is 0.00000196. The third-order valence-corrected chi connectivity index (χ3v) is 3.55. The van der Waals surface area contributed by atoms with Gasteiger partial charge in [0.05, 0.1) is 7.14 Å². The zero-order valence-corrected chi connectivity index (χ0v) is 12.9. The maximum atomic E-state index is 9.54. The summed E-state index contributed by atoms with van der Waals surface area (Å²) in [6.07, 6.45) is 0.539. The lowest BCUT2D eigenvalue weighted by Gasteiger charge is -2.12. The van der Waals surface area contributed by atoms with Crippen LogP contribution >= 0.6 is 57.6 Å². The summed E-state index contributed by atoms with van der Waals surface area (Å²) in [7, 11) is 0. The van der Waals surface area contributed by atoms with Crippen molar-refractivity contribution in [3.05, 3.63) is 24.8 Å². The minimum Gasteiger partial charge on any atom is -0.506 e. The van der Waals surface area contributed by atoms with Crippen molar-refractivity contribution >= 4 is 57.6 Å². The Labute approximate surface area is 122 Å². The first-order valence-corrected chi connectivity index (χ1v) is 6.26. The first kappa shape index (κ1) is 15.7. The number of phenolic OH excluding ortho intramolecular Hbond substituents is 1. The van der Waals surface area contributed by atoms with Crippen molar-refractivity contribution < 1.29 is 10.2 Å². The van der Waals surface area contributed by atoms with Gasteiger partial charge in [0.1, 0.15) is 5.75 Å². The Morgan fingerprint density at radius 1 is 1.27 bits per heavy atom. The van der Waals surface area contributed by atoms with Crippen LogP contribution in [0.25, 0.3) is 0 Å². The third-order valence-electron chi connectivity index (χ3n) is 1.91. The summed E-state index contributed by atoms with van der Waals surface area (Å²) in [6.45, 7) is 0.0786. The van der Waals surface area contributed by atoms with Gasteiger partial charge < -0.3 is 15.9 Å². The van der Waals surface area contributed by atoms with Crippen LogP contribution in [0.2, 0.25) is 0 Å². The van der Waals surface area contributed by atoms with Crippen molar-refractivity contribution in [1.29, 1.82) is 0 Å². The lowest BCUT2D eigenvalue weighted by Crippen LogP contribution is -2.12. The quantitative estimate of drug-likeness (QED) is 0.614. The van der Waals surface area contributed by atoms with Crippen molar-refractivity contribution in [3.63, 3.8) is 0 Å². The van der Waals surface area contributed by atoms with Crippen LogP contribution in [0.5, 0.6) is 5.75 Å². The second-order valence-corrected chi connectivity index (χ2v) is 5.28. The number of aromatic hydroxyl groups is 1. The molecule has 6 heteroatoms. The fraction of sp³-hybridized carbons (Fsp3) is 0.333. The molecule has 1 aromatic rings. The molecule has 0 aliphatic rings. The molecule has 1 rings (SSSR count).